The molecule has 0 unspecified atom stereocenters. The third kappa shape index (κ3) is 6.68. The van der Waals surface area contributed by atoms with Gasteiger partial charge in [-0.2, -0.15) is 9.97 Å². The number of aromatic nitrogens is 5. The number of hydrogen-bond donors (Lipinski definition) is 0. The van der Waals surface area contributed by atoms with Crippen LogP contribution in [-0.4, -0.2) is 24.1 Å². The molecule has 0 spiro atoms. The summed E-state index contributed by atoms with van der Waals surface area (Å²) in [6.07, 6.45) is 0. The summed E-state index contributed by atoms with van der Waals surface area (Å²) in [7, 11) is 0. The van der Waals surface area contributed by atoms with Gasteiger partial charge < -0.3 is 4.57 Å². The Kier molecular flexibility index (Phi) is 9.43. The lowest BCUT2D eigenvalue weighted by Gasteiger charge is -2.17. The molecule has 0 radical (unpaired) electrons. The summed E-state index contributed by atoms with van der Waals surface area (Å²) < 4.78 is 4.64. The summed E-state index contributed by atoms with van der Waals surface area (Å²) in [6, 6.07) is 88.3. The first-order chi connectivity index (χ1) is 33.7. The second-order valence-corrected chi connectivity index (χ2v) is 17.2. The van der Waals surface area contributed by atoms with E-state index in [1.165, 1.54) is 21.9 Å². The van der Waals surface area contributed by atoms with E-state index in [0.717, 1.165) is 83.0 Å². The highest BCUT2D eigenvalue weighted by molar-refractivity contribution is 6.14. The van der Waals surface area contributed by atoms with Gasteiger partial charge in [-0.15, -0.1) is 0 Å². The normalized spacial score (nSPS) is 11.5. The first kappa shape index (κ1) is 39.2. The lowest BCUT2D eigenvalue weighted by molar-refractivity contribution is 0.953. The van der Waals surface area contributed by atoms with Crippen molar-refractivity contribution < 1.29 is 0 Å². The molecule has 0 amide bonds. The van der Waals surface area contributed by atoms with Crippen molar-refractivity contribution in [1.82, 2.24) is 24.1 Å². The van der Waals surface area contributed by atoms with E-state index in [9.17, 15) is 0 Å². The number of hydrogen-bond acceptors (Lipinski definition) is 3. The van der Waals surface area contributed by atoms with Crippen molar-refractivity contribution in [2.45, 2.75) is 0 Å². The van der Waals surface area contributed by atoms with Crippen LogP contribution in [0.4, 0.5) is 0 Å². The number of nitrogens with zero attached hydrogens (tertiary/aromatic N) is 5. The van der Waals surface area contributed by atoms with E-state index >= 15 is 0 Å². The van der Waals surface area contributed by atoms with Crippen molar-refractivity contribution in [3.8, 4) is 78.9 Å². The van der Waals surface area contributed by atoms with Crippen LogP contribution in [0.2, 0.25) is 0 Å². The van der Waals surface area contributed by atoms with Crippen LogP contribution < -0.4 is 0 Å². The smallest absolute Gasteiger partial charge is 0.238 e. The third-order valence-corrected chi connectivity index (χ3v) is 13.2. The van der Waals surface area contributed by atoms with E-state index in [4.69, 9.17) is 15.0 Å². The van der Waals surface area contributed by atoms with Crippen molar-refractivity contribution in [2.24, 2.45) is 0 Å². The number of para-hydroxylation sites is 4. The minimum Gasteiger partial charge on any atom is -0.309 e. The maximum Gasteiger partial charge on any atom is 0.238 e. The van der Waals surface area contributed by atoms with Gasteiger partial charge in [-0.05, 0) is 69.8 Å². The van der Waals surface area contributed by atoms with Crippen molar-refractivity contribution >= 4 is 43.6 Å². The zero-order valence-electron chi connectivity index (χ0n) is 36.9. The summed E-state index contributed by atoms with van der Waals surface area (Å²) in [4.78, 5) is 16.1. The van der Waals surface area contributed by atoms with Gasteiger partial charge in [-0.25, -0.2) is 4.98 Å². The highest BCUT2D eigenvalue weighted by Gasteiger charge is 2.22. The average molecular weight is 868 g/mol. The van der Waals surface area contributed by atoms with Gasteiger partial charge in [0.1, 0.15) is 0 Å². The van der Waals surface area contributed by atoms with Gasteiger partial charge in [0.05, 0.1) is 27.8 Å². The quantitative estimate of drug-likeness (QED) is 0.153. The summed E-state index contributed by atoms with van der Waals surface area (Å²) >= 11 is 0. The predicted molar refractivity (Wildman–Crippen MR) is 281 cm³/mol. The Morgan fingerprint density at radius 3 is 1.32 bits per heavy atom. The fourth-order valence-corrected chi connectivity index (χ4v) is 10.0. The van der Waals surface area contributed by atoms with Crippen LogP contribution in [0.5, 0.6) is 0 Å². The molecular formula is C63H41N5. The van der Waals surface area contributed by atoms with Crippen molar-refractivity contribution in [3.05, 3.63) is 249 Å². The molecule has 0 bridgehead atoms. The Morgan fingerprint density at radius 1 is 0.250 bits per heavy atom. The van der Waals surface area contributed by atoms with Gasteiger partial charge in [0.25, 0.3) is 0 Å². The maximum atomic E-state index is 5.47. The Bertz CT molecular complexity index is 3970. The van der Waals surface area contributed by atoms with Gasteiger partial charge >= 0.3 is 0 Å². The van der Waals surface area contributed by atoms with Gasteiger partial charge in [0.2, 0.25) is 5.95 Å². The summed E-state index contributed by atoms with van der Waals surface area (Å²) in [6.45, 7) is 0. The lowest BCUT2D eigenvalue weighted by atomic mass is 9.95. The van der Waals surface area contributed by atoms with Crippen LogP contribution in [0.25, 0.3) is 123 Å². The number of fused-ring (bicyclic) bond motifs is 6. The molecule has 0 fully saturated rings. The summed E-state index contributed by atoms with van der Waals surface area (Å²) in [5.41, 5.74) is 16.3. The molecule has 0 saturated heterocycles. The van der Waals surface area contributed by atoms with E-state index < -0.39 is 0 Å². The molecule has 68 heavy (non-hydrogen) atoms. The van der Waals surface area contributed by atoms with E-state index in [2.05, 4.69) is 240 Å². The molecule has 0 atom stereocenters. The van der Waals surface area contributed by atoms with Crippen LogP contribution in [0.15, 0.2) is 249 Å². The molecule has 0 saturated carbocycles. The molecule has 3 aromatic heterocycles. The Morgan fingerprint density at radius 2 is 0.691 bits per heavy atom. The molecule has 0 N–H and O–H groups in total. The summed E-state index contributed by atoms with van der Waals surface area (Å²) in [5, 5.41) is 4.66. The molecule has 5 nitrogen and oxygen atoms in total. The highest BCUT2D eigenvalue weighted by Crippen LogP contribution is 2.41. The van der Waals surface area contributed by atoms with E-state index in [1.54, 1.807) is 0 Å². The SMILES string of the molecule is c1ccc(-c2cccc(-c3cccc(-c4ccc(-c5nc(-c6ccccc6)nc(-n6c7ccccc7c7cccc(-c8ccccc8)c76)n5)cc4-n4c5ccccc5c5ccccc54)c3)c2)cc1. The predicted octanol–water partition coefficient (Wildman–Crippen LogP) is 16.1. The van der Waals surface area contributed by atoms with E-state index in [1.807, 2.05) is 18.2 Å². The van der Waals surface area contributed by atoms with Crippen LogP contribution in [-0.2, 0) is 0 Å². The molecule has 0 aliphatic carbocycles. The molecular weight excluding hydrogens is 827 g/mol. The zero-order chi connectivity index (χ0) is 45.0. The molecule has 5 heteroatoms. The number of benzene rings is 10. The molecule has 318 valence electrons. The zero-order valence-corrected chi connectivity index (χ0v) is 36.9. The minimum atomic E-state index is 0.552. The Balaban J connectivity index is 1.06. The van der Waals surface area contributed by atoms with Crippen LogP contribution >= 0.6 is 0 Å². The summed E-state index contributed by atoms with van der Waals surface area (Å²) in [5.74, 6) is 1.73. The van der Waals surface area contributed by atoms with Crippen LogP contribution in [0.1, 0.15) is 0 Å². The van der Waals surface area contributed by atoms with Crippen LogP contribution in [0, 0.1) is 0 Å². The topological polar surface area (TPSA) is 48.5 Å². The molecule has 13 aromatic rings. The molecule has 10 aromatic carbocycles. The maximum absolute atomic E-state index is 5.47. The molecule has 0 aliphatic heterocycles. The molecule has 13 rings (SSSR count). The second kappa shape index (κ2) is 16.4. The van der Waals surface area contributed by atoms with Crippen molar-refractivity contribution in [2.75, 3.05) is 0 Å². The average Bonchev–Trinajstić information content (AvgIpc) is 3.95. The Hall–Kier alpha value is -9.19. The van der Waals surface area contributed by atoms with Gasteiger partial charge in [0, 0.05) is 43.8 Å². The van der Waals surface area contributed by atoms with Crippen molar-refractivity contribution in [3.63, 3.8) is 0 Å². The first-order valence-corrected chi connectivity index (χ1v) is 23.0. The van der Waals surface area contributed by atoms with Gasteiger partial charge in [0.15, 0.2) is 11.6 Å². The fourth-order valence-electron chi connectivity index (χ4n) is 10.0. The molecule has 3 heterocycles. The monoisotopic (exact) mass is 867 g/mol. The Labute approximate surface area is 393 Å². The van der Waals surface area contributed by atoms with Gasteiger partial charge in [-0.1, -0.05) is 212 Å². The third-order valence-electron chi connectivity index (χ3n) is 13.2. The van der Waals surface area contributed by atoms with Gasteiger partial charge in [-0.3, -0.25) is 4.57 Å². The second-order valence-electron chi connectivity index (χ2n) is 17.2. The first-order valence-electron chi connectivity index (χ1n) is 23.0. The van der Waals surface area contributed by atoms with Crippen molar-refractivity contribution in [1.29, 1.82) is 0 Å². The standard InChI is InChI=1S/C63H41N5/c1-4-19-42(20-5-1)45-25-16-26-46(39-45)47-27-17-28-48(40-47)50-38-37-49(41-59(50)67-56-34-13-10-29-52(56)53-30-11-14-35-57(53)67)62-64-61(44-23-8-3-9-24-44)65-63(66-62)68-58-36-15-12-31-54(58)55-33-18-32-51(60(55)68)43-21-6-2-7-22-43/h1-41H. The van der Waals surface area contributed by atoms with E-state index in [0.29, 0.717) is 17.6 Å². The fraction of sp³-hybridized carbons (Fsp3) is 0. The van der Waals surface area contributed by atoms with Crippen LogP contribution in [0.3, 0.4) is 0 Å². The highest BCUT2D eigenvalue weighted by atomic mass is 15.2. The van der Waals surface area contributed by atoms with E-state index in [-0.39, 0.29) is 0 Å². The minimum absolute atomic E-state index is 0.552. The lowest BCUT2D eigenvalue weighted by Crippen LogP contribution is -2.07. The largest absolute Gasteiger partial charge is 0.309 e. The number of rotatable bonds is 8. The molecule has 0 aliphatic rings.